The molecule has 4 N–H and O–H groups in total. The highest BCUT2D eigenvalue weighted by atomic mass is 31.2. The number of phenolic OH excluding ortho intramolecular Hbond substituents is 1. The summed E-state index contributed by atoms with van der Waals surface area (Å²) < 4.78 is 20.4. The van der Waals surface area contributed by atoms with Gasteiger partial charge in [-0.15, -0.1) is 0 Å². The summed E-state index contributed by atoms with van der Waals surface area (Å²) in [5.41, 5.74) is 4.07. The monoisotopic (exact) mass is 567 g/mol. The highest BCUT2D eigenvalue weighted by Crippen LogP contribution is 2.43. The van der Waals surface area contributed by atoms with E-state index in [-0.39, 0.29) is 35.2 Å². The molecule has 1 atom stereocenters. The number of rotatable bonds is 12. The zero-order valence-electron chi connectivity index (χ0n) is 21.9. The van der Waals surface area contributed by atoms with Crippen LogP contribution in [0.1, 0.15) is 63.1 Å². The molecule has 11 heteroatoms. The lowest BCUT2D eigenvalue weighted by atomic mass is 9.76. The van der Waals surface area contributed by atoms with Crippen molar-refractivity contribution in [3.05, 3.63) is 93.6 Å². The Kier molecular flexibility index (Phi) is 9.17. The van der Waals surface area contributed by atoms with Gasteiger partial charge in [0.15, 0.2) is 5.78 Å². The second kappa shape index (κ2) is 12.6. The molecule has 2 aliphatic carbocycles. The molecule has 1 unspecified atom stereocenters. The maximum Gasteiger partial charge on any atom is 0.471 e. The number of phenols is 1. The molecule has 1 amide bonds. The molecule has 0 aromatic heterocycles. The maximum absolute atomic E-state index is 13.0. The van der Waals surface area contributed by atoms with Crippen molar-refractivity contribution in [3.63, 3.8) is 0 Å². The smallest absolute Gasteiger partial charge is 0.471 e. The number of allylic oxidation sites excluding steroid dienone is 5. The van der Waals surface area contributed by atoms with Gasteiger partial charge in [0.25, 0.3) is 5.91 Å². The van der Waals surface area contributed by atoms with Gasteiger partial charge in [0, 0.05) is 19.2 Å². The predicted octanol–water partition coefficient (Wildman–Crippen LogP) is 4.57. The summed E-state index contributed by atoms with van der Waals surface area (Å²) in [5, 5.41) is 22.9. The molecule has 0 spiro atoms. The summed E-state index contributed by atoms with van der Waals surface area (Å²) in [6.07, 6.45) is 7.73. The Morgan fingerprint density at radius 1 is 1.02 bits per heavy atom. The number of carbonyl (C=O) groups is 3. The van der Waals surface area contributed by atoms with Gasteiger partial charge in [0.1, 0.15) is 5.75 Å². The summed E-state index contributed by atoms with van der Waals surface area (Å²) in [6, 6.07) is 9.24. The number of amides is 1. The largest absolute Gasteiger partial charge is 0.508 e. The van der Waals surface area contributed by atoms with Crippen LogP contribution in [-0.2, 0) is 24.8 Å². The number of phosphoric ester groups is 1. The molecule has 2 aromatic rings. The number of unbranched alkanes of at least 4 members (excludes halogenated alkanes) is 3. The average Bonchev–Trinajstić information content (AvgIpc) is 2.92. The van der Waals surface area contributed by atoms with E-state index in [9.17, 15) is 34.1 Å². The molecule has 0 fully saturated rings. The SMILES string of the molecule is COP(=O)(O)OCCCCCCNC(=O)c1ccc(C(=O)O)c(C2=C3C=CC(=O)C=C3Cc3cc(O)ccc32)c1. The van der Waals surface area contributed by atoms with Gasteiger partial charge in [0.05, 0.1) is 12.2 Å². The van der Waals surface area contributed by atoms with E-state index in [1.165, 1.54) is 30.4 Å². The number of carboxylic acids is 1. The molecule has 0 saturated heterocycles. The van der Waals surface area contributed by atoms with Crippen LogP contribution in [0.25, 0.3) is 5.57 Å². The number of fused-ring (bicyclic) bond motifs is 2. The summed E-state index contributed by atoms with van der Waals surface area (Å²) in [4.78, 5) is 46.5. The lowest BCUT2D eigenvalue weighted by molar-refractivity contribution is -0.110. The van der Waals surface area contributed by atoms with Crippen LogP contribution in [0.15, 0.2) is 65.8 Å². The lowest BCUT2D eigenvalue weighted by Gasteiger charge is -2.27. The van der Waals surface area contributed by atoms with Crippen LogP contribution >= 0.6 is 7.82 Å². The highest BCUT2D eigenvalue weighted by Gasteiger charge is 2.28. The van der Waals surface area contributed by atoms with E-state index in [0.717, 1.165) is 31.1 Å². The minimum absolute atomic E-state index is 0.00717. The van der Waals surface area contributed by atoms with Crippen LogP contribution in [0.2, 0.25) is 0 Å². The first-order chi connectivity index (χ1) is 19.1. The fourth-order valence-electron chi connectivity index (χ4n) is 4.77. The van der Waals surface area contributed by atoms with E-state index < -0.39 is 13.8 Å². The van der Waals surface area contributed by atoms with Crippen LogP contribution < -0.4 is 5.32 Å². The molecule has 10 nitrogen and oxygen atoms in total. The fourth-order valence-corrected chi connectivity index (χ4v) is 5.23. The molecule has 0 aliphatic heterocycles. The molecular weight excluding hydrogens is 537 g/mol. The van der Waals surface area contributed by atoms with Gasteiger partial charge in [-0.25, -0.2) is 9.36 Å². The van der Waals surface area contributed by atoms with Crippen molar-refractivity contribution < 1.29 is 43.1 Å². The van der Waals surface area contributed by atoms with E-state index in [2.05, 4.69) is 9.84 Å². The molecule has 4 rings (SSSR count). The van der Waals surface area contributed by atoms with Gasteiger partial charge in [-0.1, -0.05) is 25.0 Å². The number of carbonyl (C=O) groups excluding carboxylic acids is 2. The minimum Gasteiger partial charge on any atom is -0.508 e. The topological polar surface area (TPSA) is 159 Å². The standard InChI is InChI=1S/C29H30NO9P/c1-38-40(36,37)39-13-5-3-2-4-12-30-28(33)18-6-9-25(29(34)35)26(17-18)27-23-10-7-21(31)15-19(23)14-20-16-22(32)8-11-24(20)27/h6-11,15-17,31H,2-5,12-14H2,1H3,(H,30,33)(H,34,35)(H,36,37). The third kappa shape index (κ3) is 6.84. The number of ketones is 1. The van der Waals surface area contributed by atoms with Crippen LogP contribution in [0.4, 0.5) is 0 Å². The Bertz CT molecular complexity index is 1490. The fraction of sp³-hybridized carbons (Fsp3) is 0.276. The molecular formula is C29H30NO9P. The molecule has 0 bridgehead atoms. The average molecular weight is 568 g/mol. The lowest BCUT2D eigenvalue weighted by Crippen LogP contribution is -2.25. The normalized spacial score (nSPS) is 15.7. The van der Waals surface area contributed by atoms with Crippen molar-refractivity contribution in [1.82, 2.24) is 5.32 Å². The Balaban J connectivity index is 1.52. The van der Waals surface area contributed by atoms with Crippen LogP contribution in [0, 0.1) is 0 Å². The Morgan fingerprint density at radius 3 is 2.55 bits per heavy atom. The number of nitrogens with one attached hydrogen (secondary N) is 1. The number of aromatic hydroxyl groups is 1. The van der Waals surface area contributed by atoms with Gasteiger partial charge in [0.2, 0.25) is 0 Å². The summed E-state index contributed by atoms with van der Waals surface area (Å²) in [6.45, 7) is 0.480. The van der Waals surface area contributed by atoms with Crippen molar-refractivity contribution >= 4 is 31.1 Å². The summed E-state index contributed by atoms with van der Waals surface area (Å²) >= 11 is 0. The predicted molar refractivity (Wildman–Crippen MR) is 147 cm³/mol. The molecule has 210 valence electrons. The van der Waals surface area contributed by atoms with E-state index in [1.54, 1.807) is 24.3 Å². The molecule has 40 heavy (non-hydrogen) atoms. The van der Waals surface area contributed by atoms with E-state index in [1.807, 2.05) is 0 Å². The summed E-state index contributed by atoms with van der Waals surface area (Å²) in [7, 11) is -2.87. The number of carboxylic acid groups (broad SMARTS) is 1. The third-order valence-electron chi connectivity index (χ3n) is 6.71. The Labute approximate surface area is 231 Å². The second-order valence-corrected chi connectivity index (χ2v) is 11.0. The number of hydrogen-bond donors (Lipinski definition) is 4. The van der Waals surface area contributed by atoms with E-state index >= 15 is 0 Å². The van der Waals surface area contributed by atoms with Crippen molar-refractivity contribution in [3.8, 4) is 5.75 Å². The molecule has 2 aromatic carbocycles. The number of phosphoric acid groups is 1. The Morgan fingerprint density at radius 2 is 1.80 bits per heavy atom. The van der Waals surface area contributed by atoms with Crippen molar-refractivity contribution in [2.45, 2.75) is 32.1 Å². The number of hydrogen-bond acceptors (Lipinski definition) is 7. The maximum atomic E-state index is 13.0. The van der Waals surface area contributed by atoms with E-state index in [4.69, 9.17) is 4.52 Å². The van der Waals surface area contributed by atoms with Crippen molar-refractivity contribution in [2.75, 3.05) is 20.3 Å². The minimum atomic E-state index is -3.97. The van der Waals surface area contributed by atoms with Crippen LogP contribution in [0.5, 0.6) is 5.75 Å². The van der Waals surface area contributed by atoms with Gasteiger partial charge in [-0.3, -0.25) is 18.6 Å². The highest BCUT2D eigenvalue weighted by molar-refractivity contribution is 7.47. The van der Waals surface area contributed by atoms with Gasteiger partial charge < -0.3 is 20.4 Å². The quantitative estimate of drug-likeness (QED) is 0.213. The van der Waals surface area contributed by atoms with Gasteiger partial charge in [-0.05, 0) is 95.2 Å². The first-order valence-corrected chi connectivity index (χ1v) is 14.3. The summed E-state index contributed by atoms with van der Waals surface area (Å²) in [5.74, 6) is -1.64. The first kappa shape index (κ1) is 29.2. The molecule has 0 heterocycles. The van der Waals surface area contributed by atoms with E-state index in [0.29, 0.717) is 48.1 Å². The zero-order chi connectivity index (χ0) is 28.9. The van der Waals surface area contributed by atoms with Gasteiger partial charge in [-0.2, -0.15) is 0 Å². The first-order valence-electron chi connectivity index (χ1n) is 12.8. The van der Waals surface area contributed by atoms with Crippen molar-refractivity contribution in [2.24, 2.45) is 0 Å². The number of benzene rings is 2. The molecule has 2 aliphatic rings. The van der Waals surface area contributed by atoms with Crippen LogP contribution in [-0.4, -0.2) is 53.0 Å². The zero-order valence-corrected chi connectivity index (χ0v) is 22.8. The number of aromatic carboxylic acids is 1. The second-order valence-electron chi connectivity index (χ2n) is 9.43. The molecule has 0 saturated carbocycles. The third-order valence-corrected chi connectivity index (χ3v) is 7.68. The Hall–Kier alpha value is -3.82. The van der Waals surface area contributed by atoms with Crippen LogP contribution in [0.3, 0.4) is 0 Å². The van der Waals surface area contributed by atoms with Gasteiger partial charge >= 0.3 is 13.8 Å². The van der Waals surface area contributed by atoms with Crippen molar-refractivity contribution in [1.29, 1.82) is 0 Å². The molecule has 0 radical (unpaired) electrons.